The number of carbonyl (C=O) groups excluding carboxylic acids is 1. The van der Waals surface area contributed by atoms with Crippen molar-refractivity contribution in [3.63, 3.8) is 0 Å². The maximum Gasteiger partial charge on any atom is 0.127 e. The molecule has 0 spiro atoms. The minimum absolute atomic E-state index is 0.0668. The molecule has 4 rings (SSSR count). The summed E-state index contributed by atoms with van der Waals surface area (Å²) < 4.78 is 0. The summed E-state index contributed by atoms with van der Waals surface area (Å²) in [7, 11) is 0. The Morgan fingerprint density at radius 1 is 1.09 bits per heavy atom. The summed E-state index contributed by atoms with van der Waals surface area (Å²) in [6.07, 6.45) is 5.83. The van der Waals surface area contributed by atoms with Gasteiger partial charge in [0.25, 0.3) is 0 Å². The summed E-state index contributed by atoms with van der Waals surface area (Å²) in [5.41, 5.74) is 0.300. The Bertz CT molecular complexity index is 893. The molecule has 5 nitrogen and oxygen atoms in total. The van der Waals surface area contributed by atoms with Crippen molar-refractivity contribution < 1.29 is 25.2 Å². The van der Waals surface area contributed by atoms with Gasteiger partial charge in [-0.15, -0.1) is 0 Å². The summed E-state index contributed by atoms with van der Waals surface area (Å²) >= 11 is 0. The van der Waals surface area contributed by atoms with Crippen molar-refractivity contribution in [1.29, 1.82) is 0 Å². The van der Waals surface area contributed by atoms with Gasteiger partial charge >= 0.3 is 0 Å². The van der Waals surface area contributed by atoms with Crippen molar-refractivity contribution in [3.8, 4) is 0 Å². The fourth-order valence-corrected chi connectivity index (χ4v) is 9.56. The highest BCUT2D eigenvalue weighted by Gasteiger charge is 2.70. The minimum Gasteiger partial charge on any atom is -0.392 e. The Labute approximate surface area is 211 Å². The quantitative estimate of drug-likeness (QED) is 0.328. The van der Waals surface area contributed by atoms with Crippen LogP contribution in [0.2, 0.25) is 0 Å². The lowest BCUT2D eigenvalue weighted by Gasteiger charge is -2.66. The highest BCUT2D eigenvalue weighted by molar-refractivity contribution is 5.65. The molecule has 4 aliphatic carbocycles. The van der Waals surface area contributed by atoms with Crippen LogP contribution in [0.4, 0.5) is 0 Å². The fourth-order valence-electron chi connectivity index (χ4n) is 9.56. The van der Waals surface area contributed by atoms with E-state index in [0.717, 1.165) is 37.7 Å². The molecule has 4 aliphatic rings. The second-order valence-electron chi connectivity index (χ2n) is 13.7. The number of hydrogen-bond acceptors (Lipinski definition) is 5. The molecule has 0 radical (unpaired) electrons. The lowest BCUT2D eigenvalue weighted by Crippen LogP contribution is -2.64. The molecule has 0 amide bonds. The van der Waals surface area contributed by atoms with Crippen LogP contribution in [0, 0.1) is 45.3 Å². The molecule has 4 N–H and O–H groups in total. The molecule has 0 bridgehead atoms. The van der Waals surface area contributed by atoms with E-state index in [1.165, 1.54) is 6.29 Å². The summed E-state index contributed by atoms with van der Waals surface area (Å²) in [6.45, 7) is 16.5. The first kappa shape index (κ1) is 27.0. The van der Waals surface area contributed by atoms with Crippen molar-refractivity contribution in [2.75, 3.05) is 0 Å². The first-order chi connectivity index (χ1) is 16.2. The molecule has 3 fully saturated rings. The Morgan fingerprint density at radius 2 is 1.74 bits per heavy atom. The summed E-state index contributed by atoms with van der Waals surface area (Å²) in [5, 5.41) is 43.4. The number of aliphatic hydroxyl groups is 4. The number of aliphatic hydroxyl groups excluding tert-OH is 4. The van der Waals surface area contributed by atoms with Crippen LogP contribution in [0.3, 0.4) is 0 Å². The number of rotatable bonds is 6. The third-order valence-corrected chi connectivity index (χ3v) is 11.9. The second kappa shape index (κ2) is 8.79. The summed E-state index contributed by atoms with van der Waals surface area (Å²) in [4.78, 5) is 13.1. The van der Waals surface area contributed by atoms with Gasteiger partial charge in [-0.2, -0.15) is 0 Å². The highest BCUT2D eigenvalue weighted by Crippen LogP contribution is 2.74. The standard InChI is InChI=1S/C30H48O5/c1-17(2)25(35)22(32)14-18(3)19-10-11-29(7)26-23(33)15-21-20(8-9-24(34)27(21,4)5)30(26,16-31)13-12-28(19,29)6/h15-16,18-20,22-26,32-35H,1,8-14H2,2-7H3/t18-,19-,20-,22+,23+,24+,25+,26+,28-,29+,30-/m1/s1. The van der Waals surface area contributed by atoms with Crippen molar-refractivity contribution >= 4 is 6.29 Å². The van der Waals surface area contributed by atoms with Gasteiger partial charge in [0.2, 0.25) is 0 Å². The van der Waals surface area contributed by atoms with Gasteiger partial charge in [0.1, 0.15) is 12.4 Å². The topological polar surface area (TPSA) is 98.0 Å². The molecular formula is C30H48O5. The van der Waals surface area contributed by atoms with Crippen LogP contribution in [-0.2, 0) is 4.79 Å². The normalized spacial score (nSPS) is 46.9. The predicted octanol–water partition coefficient (Wildman–Crippen LogP) is 4.43. The van der Waals surface area contributed by atoms with E-state index in [4.69, 9.17) is 0 Å². The van der Waals surface area contributed by atoms with Crippen LogP contribution in [0.15, 0.2) is 23.8 Å². The molecule has 0 unspecified atom stereocenters. The molecule has 3 saturated carbocycles. The zero-order valence-electron chi connectivity index (χ0n) is 22.6. The Morgan fingerprint density at radius 3 is 2.34 bits per heavy atom. The van der Waals surface area contributed by atoms with Crippen LogP contribution in [0.1, 0.15) is 86.5 Å². The lowest BCUT2D eigenvalue weighted by molar-refractivity contribution is -0.183. The average molecular weight is 489 g/mol. The predicted molar refractivity (Wildman–Crippen MR) is 137 cm³/mol. The van der Waals surface area contributed by atoms with Gasteiger partial charge in [-0.05, 0) is 86.0 Å². The van der Waals surface area contributed by atoms with Gasteiger partial charge in [-0.1, -0.05) is 52.8 Å². The number of carbonyl (C=O) groups is 1. The van der Waals surface area contributed by atoms with Gasteiger partial charge in [0, 0.05) is 16.7 Å². The maximum atomic E-state index is 13.1. The first-order valence-corrected chi connectivity index (χ1v) is 13.7. The molecule has 5 heteroatoms. The van der Waals surface area contributed by atoms with Crippen molar-refractivity contribution in [3.05, 3.63) is 23.8 Å². The largest absolute Gasteiger partial charge is 0.392 e. The zero-order valence-corrected chi connectivity index (χ0v) is 22.6. The average Bonchev–Trinajstić information content (AvgIpc) is 3.06. The van der Waals surface area contributed by atoms with E-state index < -0.39 is 35.2 Å². The van der Waals surface area contributed by atoms with Crippen LogP contribution in [0.5, 0.6) is 0 Å². The molecule has 11 atom stereocenters. The maximum absolute atomic E-state index is 13.1. The van der Waals surface area contributed by atoms with E-state index in [9.17, 15) is 25.2 Å². The molecular weight excluding hydrogens is 440 g/mol. The Kier molecular flexibility index (Phi) is 6.79. The van der Waals surface area contributed by atoms with E-state index in [1.807, 2.05) is 19.9 Å². The summed E-state index contributed by atoms with van der Waals surface area (Å²) in [6, 6.07) is 0. The van der Waals surface area contributed by atoms with E-state index in [1.54, 1.807) is 6.92 Å². The highest BCUT2D eigenvalue weighted by atomic mass is 16.3. The van der Waals surface area contributed by atoms with E-state index >= 15 is 0 Å². The third kappa shape index (κ3) is 3.66. The Balaban J connectivity index is 1.70. The van der Waals surface area contributed by atoms with E-state index in [2.05, 4.69) is 27.4 Å². The van der Waals surface area contributed by atoms with Crippen LogP contribution < -0.4 is 0 Å². The molecule has 0 heterocycles. The lowest BCUT2D eigenvalue weighted by atomic mass is 9.38. The van der Waals surface area contributed by atoms with Crippen molar-refractivity contribution in [2.24, 2.45) is 45.3 Å². The van der Waals surface area contributed by atoms with Crippen molar-refractivity contribution in [1.82, 2.24) is 0 Å². The van der Waals surface area contributed by atoms with Gasteiger partial charge in [0.15, 0.2) is 0 Å². The van der Waals surface area contributed by atoms with Gasteiger partial charge in [-0.25, -0.2) is 0 Å². The summed E-state index contributed by atoms with van der Waals surface area (Å²) in [5.74, 6) is 0.447. The minimum atomic E-state index is -0.916. The Hall–Kier alpha value is -1.01. The monoisotopic (exact) mass is 488 g/mol. The molecule has 0 saturated heterocycles. The van der Waals surface area contributed by atoms with E-state index in [-0.39, 0.29) is 28.6 Å². The number of aldehydes is 1. The molecule has 0 aromatic rings. The molecule has 198 valence electrons. The zero-order chi connectivity index (χ0) is 26.1. The molecule has 0 aromatic carbocycles. The van der Waals surface area contributed by atoms with Gasteiger partial charge in [-0.3, -0.25) is 0 Å². The van der Waals surface area contributed by atoms with Crippen LogP contribution in [-0.4, -0.2) is 51.1 Å². The first-order valence-electron chi connectivity index (χ1n) is 13.7. The molecule has 35 heavy (non-hydrogen) atoms. The SMILES string of the molecule is C=C(C)[C@H](O)[C@@H](O)C[C@@H](C)[C@H]1CC[C@@]2(C)[C@@H]3[C@@H](O)C=C4[C@@H](CC[C@H](O)C4(C)C)[C@]3(C=O)CC[C@]12C. The molecule has 0 aliphatic heterocycles. The molecule has 0 aromatic heterocycles. The number of hydrogen-bond donors (Lipinski definition) is 4. The smallest absolute Gasteiger partial charge is 0.127 e. The van der Waals surface area contributed by atoms with Crippen LogP contribution in [0.25, 0.3) is 0 Å². The van der Waals surface area contributed by atoms with Crippen molar-refractivity contribution in [2.45, 2.75) is 111 Å². The third-order valence-electron chi connectivity index (χ3n) is 11.9. The van der Waals surface area contributed by atoms with Crippen LogP contribution >= 0.6 is 0 Å². The second-order valence-corrected chi connectivity index (χ2v) is 13.7. The van der Waals surface area contributed by atoms with Gasteiger partial charge < -0.3 is 25.2 Å². The van der Waals surface area contributed by atoms with Gasteiger partial charge in [0.05, 0.1) is 18.3 Å². The van der Waals surface area contributed by atoms with E-state index in [0.29, 0.717) is 24.3 Å². The fraction of sp³-hybridized carbons (Fsp3) is 0.833. The number of fused-ring (bicyclic) bond motifs is 5.